The number of nitrogens with zero attached hydrogens (tertiary/aromatic N) is 2. The van der Waals surface area contributed by atoms with Gasteiger partial charge in [-0.25, -0.2) is 9.97 Å². The van der Waals surface area contributed by atoms with Gasteiger partial charge in [0.2, 0.25) is 0 Å². The molecule has 0 amide bonds. The molecule has 0 radical (unpaired) electrons. The summed E-state index contributed by atoms with van der Waals surface area (Å²) >= 11 is 0. The molecule has 0 saturated heterocycles. The summed E-state index contributed by atoms with van der Waals surface area (Å²) in [6.07, 6.45) is 0. The largest absolute Gasteiger partial charge is 0.485 e. The summed E-state index contributed by atoms with van der Waals surface area (Å²) in [5, 5.41) is 0. The summed E-state index contributed by atoms with van der Waals surface area (Å²) in [7, 11) is 0. The zero-order valence-electron chi connectivity index (χ0n) is 9.97. The van der Waals surface area contributed by atoms with Crippen molar-refractivity contribution in [3.8, 4) is 5.75 Å². The molecule has 0 aliphatic carbocycles. The molecule has 2 aromatic rings. The van der Waals surface area contributed by atoms with Gasteiger partial charge in [-0.2, -0.15) is 0 Å². The van der Waals surface area contributed by atoms with E-state index in [4.69, 9.17) is 10.5 Å². The van der Waals surface area contributed by atoms with Crippen molar-refractivity contribution in [2.24, 2.45) is 0 Å². The zero-order chi connectivity index (χ0) is 12.3. The van der Waals surface area contributed by atoms with Crippen LogP contribution in [0.25, 0.3) is 0 Å². The molecule has 2 N–H and O–H groups in total. The van der Waals surface area contributed by atoms with Crippen molar-refractivity contribution in [1.29, 1.82) is 0 Å². The third-order valence-electron chi connectivity index (χ3n) is 2.31. The van der Waals surface area contributed by atoms with Crippen LogP contribution in [0.15, 0.2) is 30.3 Å². The van der Waals surface area contributed by atoms with Crippen LogP contribution in [-0.4, -0.2) is 9.97 Å². The summed E-state index contributed by atoms with van der Waals surface area (Å²) in [6.45, 7) is 4.21. The Morgan fingerprint density at radius 3 is 2.65 bits per heavy atom. The predicted molar refractivity (Wildman–Crippen MR) is 66.7 cm³/mol. The van der Waals surface area contributed by atoms with Gasteiger partial charge in [-0.15, -0.1) is 0 Å². The van der Waals surface area contributed by atoms with Crippen LogP contribution in [0.5, 0.6) is 5.75 Å². The number of hydrogen-bond acceptors (Lipinski definition) is 4. The van der Waals surface area contributed by atoms with Crippen LogP contribution in [0.1, 0.15) is 17.2 Å². The number of para-hydroxylation sites is 2. The van der Waals surface area contributed by atoms with E-state index in [1.807, 2.05) is 44.2 Å². The maximum absolute atomic E-state index is 5.79. The number of aryl methyl sites for hydroxylation is 2. The minimum atomic E-state index is 0.401. The summed E-state index contributed by atoms with van der Waals surface area (Å²) in [5.74, 6) is 1.44. The van der Waals surface area contributed by atoms with E-state index in [2.05, 4.69) is 9.97 Å². The highest BCUT2D eigenvalue weighted by Crippen LogP contribution is 2.20. The lowest BCUT2D eigenvalue weighted by atomic mass is 10.3. The first-order chi connectivity index (χ1) is 8.15. The molecule has 0 atom stereocenters. The number of aromatic nitrogens is 2. The molecule has 0 saturated carbocycles. The lowest BCUT2D eigenvalue weighted by molar-refractivity contribution is 0.302. The van der Waals surface area contributed by atoms with Crippen molar-refractivity contribution in [2.45, 2.75) is 20.5 Å². The Hall–Kier alpha value is -2.10. The summed E-state index contributed by atoms with van der Waals surface area (Å²) in [6, 6.07) is 9.33. The average molecular weight is 229 g/mol. The van der Waals surface area contributed by atoms with E-state index >= 15 is 0 Å². The van der Waals surface area contributed by atoms with Crippen molar-refractivity contribution in [3.63, 3.8) is 0 Å². The zero-order valence-corrected chi connectivity index (χ0v) is 9.97. The van der Waals surface area contributed by atoms with Gasteiger partial charge < -0.3 is 10.5 Å². The molecule has 1 heterocycles. The van der Waals surface area contributed by atoms with Crippen LogP contribution in [0.4, 0.5) is 5.69 Å². The minimum absolute atomic E-state index is 0.401. The predicted octanol–water partition coefficient (Wildman–Crippen LogP) is 2.25. The van der Waals surface area contributed by atoms with E-state index in [1.54, 1.807) is 0 Å². The molecular weight excluding hydrogens is 214 g/mol. The Kier molecular flexibility index (Phi) is 3.23. The van der Waals surface area contributed by atoms with Gasteiger partial charge in [-0.3, -0.25) is 0 Å². The molecular formula is C13H15N3O. The molecule has 17 heavy (non-hydrogen) atoms. The second-order valence-electron chi connectivity index (χ2n) is 3.87. The molecule has 0 aliphatic rings. The second-order valence-corrected chi connectivity index (χ2v) is 3.87. The smallest absolute Gasteiger partial charge is 0.142 e. The third-order valence-corrected chi connectivity index (χ3v) is 2.31. The summed E-state index contributed by atoms with van der Waals surface area (Å²) < 4.78 is 5.62. The number of anilines is 1. The van der Waals surface area contributed by atoms with E-state index < -0.39 is 0 Å². The number of nitrogen functional groups attached to an aromatic ring is 1. The molecule has 0 bridgehead atoms. The quantitative estimate of drug-likeness (QED) is 0.820. The Morgan fingerprint density at radius 2 is 1.94 bits per heavy atom. The van der Waals surface area contributed by atoms with Gasteiger partial charge >= 0.3 is 0 Å². The summed E-state index contributed by atoms with van der Waals surface area (Å²) in [5.41, 5.74) is 8.22. The standard InChI is InChI=1S/C13H15N3O/c1-9-7-11(16-10(2)15-9)8-17-13-6-4-3-5-12(13)14/h3-7H,8,14H2,1-2H3. The van der Waals surface area contributed by atoms with Gasteiger partial charge in [-0.05, 0) is 32.0 Å². The van der Waals surface area contributed by atoms with E-state index in [1.165, 1.54) is 0 Å². The molecule has 2 rings (SSSR count). The molecule has 0 aliphatic heterocycles. The minimum Gasteiger partial charge on any atom is -0.485 e. The summed E-state index contributed by atoms with van der Waals surface area (Å²) in [4.78, 5) is 8.52. The van der Waals surface area contributed by atoms with Gasteiger partial charge in [-0.1, -0.05) is 12.1 Å². The Balaban J connectivity index is 2.10. The Morgan fingerprint density at radius 1 is 1.18 bits per heavy atom. The van der Waals surface area contributed by atoms with E-state index in [9.17, 15) is 0 Å². The number of ether oxygens (including phenoxy) is 1. The number of nitrogens with two attached hydrogens (primary N) is 1. The van der Waals surface area contributed by atoms with Gasteiger partial charge in [0.05, 0.1) is 11.4 Å². The highest BCUT2D eigenvalue weighted by Gasteiger charge is 2.02. The maximum atomic E-state index is 5.79. The van der Waals surface area contributed by atoms with Gasteiger partial charge in [0.15, 0.2) is 0 Å². The first kappa shape index (κ1) is 11.4. The van der Waals surface area contributed by atoms with Crippen LogP contribution in [0, 0.1) is 13.8 Å². The number of hydrogen-bond donors (Lipinski definition) is 1. The third kappa shape index (κ3) is 2.93. The maximum Gasteiger partial charge on any atom is 0.142 e. The lowest BCUT2D eigenvalue weighted by Gasteiger charge is -2.08. The molecule has 1 aromatic carbocycles. The number of rotatable bonds is 3. The highest BCUT2D eigenvalue weighted by atomic mass is 16.5. The van der Waals surface area contributed by atoms with Crippen LogP contribution in [-0.2, 0) is 6.61 Å². The van der Waals surface area contributed by atoms with E-state index in [0.29, 0.717) is 18.0 Å². The Bertz CT molecular complexity index is 506. The molecule has 0 fully saturated rings. The SMILES string of the molecule is Cc1cc(COc2ccccc2N)nc(C)n1. The fraction of sp³-hybridized carbons (Fsp3) is 0.231. The molecule has 88 valence electrons. The molecule has 4 heteroatoms. The number of benzene rings is 1. The van der Waals surface area contributed by atoms with E-state index in [0.717, 1.165) is 17.2 Å². The van der Waals surface area contributed by atoms with Crippen LogP contribution >= 0.6 is 0 Å². The van der Waals surface area contributed by atoms with Crippen molar-refractivity contribution in [2.75, 3.05) is 5.73 Å². The van der Waals surface area contributed by atoms with Crippen LogP contribution in [0.2, 0.25) is 0 Å². The first-order valence-corrected chi connectivity index (χ1v) is 5.43. The van der Waals surface area contributed by atoms with Crippen LogP contribution < -0.4 is 10.5 Å². The van der Waals surface area contributed by atoms with E-state index in [-0.39, 0.29) is 0 Å². The van der Waals surface area contributed by atoms with Crippen LogP contribution in [0.3, 0.4) is 0 Å². The fourth-order valence-electron chi connectivity index (χ4n) is 1.63. The normalized spacial score (nSPS) is 10.2. The van der Waals surface area contributed by atoms with Crippen molar-refractivity contribution in [3.05, 3.63) is 47.5 Å². The molecule has 4 nitrogen and oxygen atoms in total. The average Bonchev–Trinajstić information content (AvgIpc) is 2.27. The second kappa shape index (κ2) is 4.82. The Labute approximate surface area is 100 Å². The monoisotopic (exact) mass is 229 g/mol. The van der Waals surface area contributed by atoms with Gasteiger partial charge in [0.1, 0.15) is 18.2 Å². The highest BCUT2D eigenvalue weighted by molar-refractivity contribution is 5.51. The topological polar surface area (TPSA) is 61.0 Å². The van der Waals surface area contributed by atoms with Gasteiger partial charge in [0.25, 0.3) is 0 Å². The van der Waals surface area contributed by atoms with Crippen molar-refractivity contribution in [1.82, 2.24) is 9.97 Å². The molecule has 0 unspecified atom stereocenters. The first-order valence-electron chi connectivity index (χ1n) is 5.43. The van der Waals surface area contributed by atoms with Gasteiger partial charge in [0, 0.05) is 5.69 Å². The van der Waals surface area contributed by atoms with Crippen molar-refractivity contribution >= 4 is 5.69 Å². The lowest BCUT2D eigenvalue weighted by Crippen LogP contribution is -2.03. The molecule has 0 spiro atoms. The van der Waals surface area contributed by atoms with Crippen molar-refractivity contribution < 1.29 is 4.74 Å². The fourth-order valence-corrected chi connectivity index (χ4v) is 1.63. The molecule has 1 aromatic heterocycles.